The van der Waals surface area contributed by atoms with Crippen molar-refractivity contribution in [1.29, 1.82) is 0 Å². The summed E-state index contributed by atoms with van der Waals surface area (Å²) < 4.78 is 29.4. The van der Waals surface area contributed by atoms with Crippen molar-refractivity contribution in [2.45, 2.75) is 24.7 Å². The summed E-state index contributed by atoms with van der Waals surface area (Å²) in [5.74, 6) is 0.0434. The van der Waals surface area contributed by atoms with Gasteiger partial charge >= 0.3 is 0 Å². The second kappa shape index (κ2) is 8.11. The molecule has 0 spiro atoms. The molecule has 4 rings (SSSR count). The van der Waals surface area contributed by atoms with Crippen LogP contribution in [-0.4, -0.2) is 36.5 Å². The Morgan fingerprint density at radius 3 is 2.60 bits per heavy atom. The van der Waals surface area contributed by atoms with Crippen LogP contribution in [0.25, 0.3) is 5.69 Å². The zero-order valence-corrected chi connectivity index (χ0v) is 17.2. The van der Waals surface area contributed by atoms with Crippen molar-refractivity contribution >= 4 is 27.5 Å². The van der Waals surface area contributed by atoms with Crippen LogP contribution >= 0.6 is 0 Å². The van der Waals surface area contributed by atoms with Gasteiger partial charge < -0.3 is 5.32 Å². The maximum absolute atomic E-state index is 12.7. The van der Waals surface area contributed by atoms with Crippen LogP contribution in [0.2, 0.25) is 0 Å². The number of carbonyl (C=O) groups is 1. The molecule has 0 bridgehead atoms. The Bertz CT molecular complexity index is 1220. The number of hydrogen-bond donors (Lipinski definition) is 2. The second-order valence-electron chi connectivity index (χ2n) is 6.94. The van der Waals surface area contributed by atoms with E-state index in [4.69, 9.17) is 0 Å². The minimum absolute atomic E-state index is 0.0564. The number of rotatable bonds is 5. The number of aryl methyl sites for hydroxylation is 1. The van der Waals surface area contributed by atoms with Crippen molar-refractivity contribution in [3.8, 4) is 5.69 Å². The molecule has 0 fully saturated rings. The normalized spacial score (nSPS) is 13.7. The second-order valence-corrected chi connectivity index (χ2v) is 8.62. The maximum Gasteiger partial charge on any atom is 0.276 e. The van der Waals surface area contributed by atoms with E-state index in [0.717, 1.165) is 17.8 Å². The van der Waals surface area contributed by atoms with Crippen LogP contribution in [0.15, 0.2) is 70.6 Å². The smallest absolute Gasteiger partial charge is 0.276 e. The molecule has 2 aromatic carbocycles. The molecule has 0 radical (unpaired) electrons. The number of benzene rings is 2. The Balaban J connectivity index is 1.52. The molecule has 30 heavy (non-hydrogen) atoms. The zero-order valence-electron chi connectivity index (χ0n) is 16.4. The Morgan fingerprint density at radius 2 is 1.87 bits per heavy atom. The molecule has 154 valence electrons. The monoisotopic (exact) mass is 423 g/mol. The topological polar surface area (TPSA) is 105 Å². The van der Waals surface area contributed by atoms with E-state index in [1.54, 1.807) is 22.9 Å². The minimum atomic E-state index is -3.76. The third-order valence-electron chi connectivity index (χ3n) is 4.65. The predicted octanol–water partition coefficient (Wildman–Crippen LogP) is 2.90. The first-order chi connectivity index (χ1) is 14.4. The van der Waals surface area contributed by atoms with Gasteiger partial charge in [-0.1, -0.05) is 24.3 Å². The molecular weight excluding hydrogens is 402 g/mol. The first-order valence-corrected chi connectivity index (χ1v) is 11.0. The number of hydrogen-bond acceptors (Lipinski definition) is 5. The third kappa shape index (κ3) is 4.25. The van der Waals surface area contributed by atoms with Crippen molar-refractivity contribution in [3.05, 3.63) is 72.1 Å². The highest BCUT2D eigenvalue weighted by Gasteiger charge is 2.19. The van der Waals surface area contributed by atoms with Crippen molar-refractivity contribution in [3.63, 3.8) is 0 Å². The Kier molecular flexibility index (Phi) is 5.37. The molecular formula is C21H21N5O3S. The van der Waals surface area contributed by atoms with Gasteiger partial charge in [0, 0.05) is 24.3 Å². The molecule has 0 saturated carbocycles. The highest BCUT2D eigenvalue weighted by Crippen LogP contribution is 2.18. The lowest BCUT2D eigenvalue weighted by Crippen LogP contribution is -2.29. The fraction of sp³-hybridized carbons (Fsp3) is 0.190. The molecule has 2 N–H and O–H groups in total. The van der Waals surface area contributed by atoms with Gasteiger partial charge in [0.05, 0.1) is 10.6 Å². The van der Waals surface area contributed by atoms with E-state index in [0.29, 0.717) is 24.5 Å². The van der Waals surface area contributed by atoms with Gasteiger partial charge in [0.1, 0.15) is 5.84 Å². The molecule has 2 heterocycles. The predicted molar refractivity (Wildman–Crippen MR) is 115 cm³/mol. The quantitative estimate of drug-likeness (QED) is 0.658. The van der Waals surface area contributed by atoms with E-state index in [9.17, 15) is 13.2 Å². The number of amides is 1. The molecule has 3 aromatic rings. The fourth-order valence-corrected chi connectivity index (χ4v) is 4.32. The summed E-state index contributed by atoms with van der Waals surface area (Å²) in [6.45, 7) is 2.49. The van der Waals surface area contributed by atoms with Crippen molar-refractivity contribution < 1.29 is 13.2 Å². The number of anilines is 1. The van der Waals surface area contributed by atoms with Gasteiger partial charge in [-0.25, -0.2) is 13.1 Å². The largest absolute Gasteiger partial charge is 0.321 e. The number of para-hydroxylation sites is 1. The van der Waals surface area contributed by atoms with Crippen molar-refractivity contribution in [2.75, 3.05) is 11.9 Å². The Morgan fingerprint density at radius 1 is 1.07 bits per heavy atom. The average Bonchev–Trinajstić information content (AvgIpc) is 3.38. The number of sulfonamides is 1. The number of amidine groups is 1. The zero-order chi connectivity index (χ0) is 21.1. The molecule has 1 aromatic heterocycles. The Hall–Kier alpha value is -3.46. The number of carbonyl (C=O) groups excluding carboxylic acids is 1. The number of nitrogens with one attached hydrogen (secondary N) is 2. The summed E-state index contributed by atoms with van der Waals surface area (Å²) in [6.07, 6.45) is 1.45. The van der Waals surface area contributed by atoms with E-state index >= 15 is 0 Å². The van der Waals surface area contributed by atoms with Gasteiger partial charge in [0.2, 0.25) is 0 Å². The van der Waals surface area contributed by atoms with Gasteiger partial charge in [0.15, 0.2) is 5.69 Å². The molecule has 1 aliphatic heterocycles. The van der Waals surface area contributed by atoms with Crippen LogP contribution in [0.4, 0.5) is 5.69 Å². The molecule has 0 saturated heterocycles. The van der Waals surface area contributed by atoms with Gasteiger partial charge in [-0.3, -0.25) is 14.5 Å². The Labute approximate surface area is 174 Å². The minimum Gasteiger partial charge on any atom is -0.321 e. The van der Waals surface area contributed by atoms with Crippen LogP contribution in [0.1, 0.15) is 29.0 Å². The van der Waals surface area contributed by atoms with Crippen LogP contribution in [0.5, 0.6) is 0 Å². The summed E-state index contributed by atoms with van der Waals surface area (Å²) >= 11 is 0. The van der Waals surface area contributed by atoms with Gasteiger partial charge in [0.25, 0.3) is 15.9 Å². The van der Waals surface area contributed by atoms with E-state index in [-0.39, 0.29) is 10.6 Å². The summed E-state index contributed by atoms with van der Waals surface area (Å²) in [7, 11) is -3.76. The molecule has 0 unspecified atom stereocenters. The number of aliphatic imine (C=N–C) groups is 1. The average molecular weight is 423 g/mol. The van der Waals surface area contributed by atoms with Crippen LogP contribution < -0.4 is 10.0 Å². The lowest BCUT2D eigenvalue weighted by atomic mass is 10.3. The highest BCUT2D eigenvalue weighted by atomic mass is 32.2. The summed E-state index contributed by atoms with van der Waals surface area (Å²) in [5.41, 5.74) is 2.26. The first-order valence-electron chi connectivity index (χ1n) is 9.52. The number of nitrogens with zero attached hydrogens (tertiary/aromatic N) is 3. The molecule has 9 heteroatoms. The fourth-order valence-electron chi connectivity index (χ4n) is 3.19. The standard InChI is InChI=1S/C21H21N5O3S/c1-15-13-19(24-26(15)17-8-3-2-4-9-17)21(27)23-16-7-5-10-18(14-16)30(28,29)25-20-11-6-12-22-20/h2-5,7-10,13-14H,6,11-12H2,1H3,(H,22,25)(H,23,27). The van der Waals surface area contributed by atoms with Crippen molar-refractivity contribution in [1.82, 2.24) is 14.5 Å². The molecule has 0 aliphatic carbocycles. The summed E-state index contributed by atoms with van der Waals surface area (Å²) in [5, 5.41) is 7.09. The third-order valence-corrected chi connectivity index (χ3v) is 6.03. The highest BCUT2D eigenvalue weighted by molar-refractivity contribution is 7.90. The SMILES string of the molecule is Cc1cc(C(=O)Nc2cccc(S(=O)(=O)NC3=NCCC3)c2)nn1-c1ccccc1. The van der Waals surface area contributed by atoms with Crippen LogP contribution in [0, 0.1) is 6.92 Å². The van der Waals surface area contributed by atoms with E-state index in [2.05, 4.69) is 20.1 Å². The molecule has 1 amide bonds. The molecule has 0 atom stereocenters. The molecule has 8 nitrogen and oxygen atoms in total. The summed E-state index contributed by atoms with van der Waals surface area (Å²) in [6, 6.07) is 17.3. The van der Waals surface area contributed by atoms with E-state index in [1.807, 2.05) is 37.3 Å². The lowest BCUT2D eigenvalue weighted by molar-refractivity contribution is 0.102. The van der Waals surface area contributed by atoms with Crippen molar-refractivity contribution in [2.24, 2.45) is 4.99 Å². The van der Waals surface area contributed by atoms with Crippen LogP contribution in [-0.2, 0) is 10.0 Å². The van der Waals surface area contributed by atoms with E-state index in [1.165, 1.54) is 12.1 Å². The van der Waals surface area contributed by atoms with Gasteiger partial charge in [-0.2, -0.15) is 5.10 Å². The summed E-state index contributed by atoms with van der Waals surface area (Å²) in [4.78, 5) is 16.9. The van der Waals surface area contributed by atoms with Gasteiger partial charge in [-0.15, -0.1) is 0 Å². The molecule has 1 aliphatic rings. The maximum atomic E-state index is 12.7. The lowest BCUT2D eigenvalue weighted by Gasteiger charge is -2.09. The van der Waals surface area contributed by atoms with E-state index < -0.39 is 15.9 Å². The van der Waals surface area contributed by atoms with Crippen LogP contribution in [0.3, 0.4) is 0 Å². The number of aromatic nitrogens is 2. The van der Waals surface area contributed by atoms with Gasteiger partial charge in [-0.05, 0) is 49.7 Å². The first kappa shape index (κ1) is 19.8.